The Labute approximate surface area is 222 Å². The fourth-order valence-electron chi connectivity index (χ4n) is 6.05. The highest BCUT2D eigenvalue weighted by Crippen LogP contribution is 2.40. The molecule has 0 bridgehead atoms. The van der Waals surface area contributed by atoms with E-state index in [4.69, 9.17) is 13.8 Å². The summed E-state index contributed by atoms with van der Waals surface area (Å²) in [5.74, 6) is 0.600. The first-order valence-electron chi connectivity index (χ1n) is 13.1. The van der Waals surface area contributed by atoms with Gasteiger partial charge in [-0.15, -0.1) is 0 Å². The Morgan fingerprint density at radius 3 is 2.23 bits per heavy atom. The molecule has 0 atom stereocenters. The van der Waals surface area contributed by atoms with Crippen LogP contribution in [0.4, 0.5) is 0 Å². The molecule has 0 saturated carbocycles. The first-order valence-corrected chi connectivity index (χ1v) is 13.1. The van der Waals surface area contributed by atoms with Crippen LogP contribution in [0.1, 0.15) is 0 Å². The molecule has 182 valence electrons. The van der Waals surface area contributed by atoms with Crippen molar-refractivity contribution in [3.63, 3.8) is 0 Å². The molecule has 4 heteroatoms. The molecule has 0 N–H and O–H groups in total. The van der Waals surface area contributed by atoms with Gasteiger partial charge in [-0.05, 0) is 65.4 Å². The summed E-state index contributed by atoms with van der Waals surface area (Å²) in [5.41, 5.74) is 7.61. The normalized spacial score (nSPS) is 12.1. The van der Waals surface area contributed by atoms with Crippen LogP contribution in [0.2, 0.25) is 0 Å². The molecule has 39 heavy (non-hydrogen) atoms. The fourth-order valence-corrected chi connectivity index (χ4v) is 6.05. The van der Waals surface area contributed by atoms with Gasteiger partial charge < -0.3 is 13.4 Å². The van der Waals surface area contributed by atoms with Crippen molar-refractivity contribution in [2.75, 3.05) is 0 Å². The molecule has 0 saturated heterocycles. The molecule has 4 nitrogen and oxygen atoms in total. The van der Waals surface area contributed by atoms with E-state index < -0.39 is 0 Å². The zero-order chi connectivity index (χ0) is 25.5. The number of aromatic nitrogens is 2. The third-order valence-corrected chi connectivity index (χ3v) is 7.80. The van der Waals surface area contributed by atoms with Gasteiger partial charge in [-0.1, -0.05) is 60.7 Å². The standard InChI is InChI=1S/C35H20N2O2/c1-2-9-22-19-30-27(18-21(22)8-1)24-10-3-5-13-29(24)37(30)23-16-17-25-33(20-23)38-32-15-7-11-26(34(25)32)35-36-28-12-4-6-14-31(28)39-35/h1-20H. The highest BCUT2D eigenvalue weighted by atomic mass is 16.3. The second kappa shape index (κ2) is 7.59. The minimum atomic E-state index is 0.600. The van der Waals surface area contributed by atoms with Crippen LogP contribution in [0.25, 0.3) is 82.8 Å². The van der Waals surface area contributed by atoms with Crippen LogP contribution in [-0.2, 0) is 0 Å². The van der Waals surface area contributed by atoms with Crippen molar-refractivity contribution in [2.24, 2.45) is 0 Å². The Morgan fingerprint density at radius 2 is 1.31 bits per heavy atom. The first-order chi connectivity index (χ1) is 19.3. The lowest BCUT2D eigenvalue weighted by atomic mass is 10.1. The van der Waals surface area contributed by atoms with Crippen LogP contribution in [0, 0.1) is 0 Å². The minimum absolute atomic E-state index is 0.600. The summed E-state index contributed by atoms with van der Waals surface area (Å²) in [5, 5.41) is 7.00. The third kappa shape index (κ3) is 2.91. The van der Waals surface area contributed by atoms with Gasteiger partial charge in [0.05, 0.1) is 11.0 Å². The molecule has 0 radical (unpaired) electrons. The molecule has 0 spiro atoms. The summed E-state index contributed by atoms with van der Waals surface area (Å²) in [6.45, 7) is 0. The van der Waals surface area contributed by atoms with Gasteiger partial charge in [0.2, 0.25) is 5.89 Å². The maximum absolute atomic E-state index is 6.44. The number of fused-ring (bicyclic) bond motifs is 8. The molecule has 3 heterocycles. The van der Waals surface area contributed by atoms with E-state index in [1.165, 1.54) is 32.6 Å². The lowest BCUT2D eigenvalue weighted by molar-refractivity contribution is 0.620. The van der Waals surface area contributed by atoms with Crippen LogP contribution >= 0.6 is 0 Å². The van der Waals surface area contributed by atoms with Crippen molar-refractivity contribution < 1.29 is 8.83 Å². The number of rotatable bonds is 2. The number of hydrogen-bond donors (Lipinski definition) is 0. The maximum atomic E-state index is 6.44. The molecule has 0 aliphatic heterocycles. The summed E-state index contributed by atoms with van der Waals surface area (Å²) in [6.07, 6.45) is 0. The third-order valence-electron chi connectivity index (χ3n) is 7.80. The zero-order valence-electron chi connectivity index (χ0n) is 20.8. The summed E-state index contributed by atoms with van der Waals surface area (Å²) in [7, 11) is 0. The van der Waals surface area contributed by atoms with Crippen molar-refractivity contribution in [3.8, 4) is 17.1 Å². The van der Waals surface area contributed by atoms with Crippen molar-refractivity contribution in [1.82, 2.24) is 9.55 Å². The minimum Gasteiger partial charge on any atom is -0.456 e. The fraction of sp³-hybridized carbons (Fsp3) is 0. The Kier molecular flexibility index (Phi) is 4.02. The molecule has 0 aliphatic rings. The van der Waals surface area contributed by atoms with Gasteiger partial charge in [-0.25, -0.2) is 4.98 Å². The largest absolute Gasteiger partial charge is 0.456 e. The Balaban J connectivity index is 1.31. The summed E-state index contributed by atoms with van der Waals surface area (Å²) in [4.78, 5) is 4.76. The molecular formula is C35H20N2O2. The molecule has 0 amide bonds. The second-order valence-corrected chi connectivity index (χ2v) is 10.0. The number of hydrogen-bond acceptors (Lipinski definition) is 3. The van der Waals surface area contributed by atoms with E-state index in [2.05, 4.69) is 83.4 Å². The monoisotopic (exact) mass is 500 g/mol. The topological polar surface area (TPSA) is 44.1 Å². The number of benzene rings is 6. The van der Waals surface area contributed by atoms with E-state index in [0.717, 1.165) is 44.3 Å². The van der Waals surface area contributed by atoms with Crippen molar-refractivity contribution >= 4 is 65.6 Å². The molecule has 3 aromatic heterocycles. The maximum Gasteiger partial charge on any atom is 0.228 e. The SMILES string of the molecule is c1ccc2cc3c(cc2c1)c1ccccc1n3-c1ccc2c(c1)oc1cccc(-c3nc4ccccc4o3)c12. The zero-order valence-corrected chi connectivity index (χ0v) is 20.8. The lowest BCUT2D eigenvalue weighted by Gasteiger charge is -2.08. The highest BCUT2D eigenvalue weighted by Gasteiger charge is 2.18. The molecule has 9 aromatic rings. The lowest BCUT2D eigenvalue weighted by Crippen LogP contribution is -1.93. The molecular weight excluding hydrogens is 480 g/mol. The van der Waals surface area contributed by atoms with Gasteiger partial charge in [-0.2, -0.15) is 0 Å². The summed E-state index contributed by atoms with van der Waals surface area (Å²) in [6, 6.07) is 42.1. The van der Waals surface area contributed by atoms with Gasteiger partial charge >= 0.3 is 0 Å². The van der Waals surface area contributed by atoms with E-state index >= 15 is 0 Å². The number of nitrogens with zero attached hydrogens (tertiary/aromatic N) is 2. The first kappa shape index (κ1) is 20.7. The summed E-state index contributed by atoms with van der Waals surface area (Å²) < 4.78 is 14.9. The Morgan fingerprint density at radius 1 is 0.513 bits per heavy atom. The van der Waals surface area contributed by atoms with Gasteiger partial charge in [-0.3, -0.25) is 0 Å². The molecule has 6 aromatic carbocycles. The van der Waals surface area contributed by atoms with Crippen LogP contribution in [-0.4, -0.2) is 9.55 Å². The van der Waals surface area contributed by atoms with Crippen LogP contribution in [0.5, 0.6) is 0 Å². The second-order valence-electron chi connectivity index (χ2n) is 10.0. The number of furan rings is 1. The van der Waals surface area contributed by atoms with Crippen LogP contribution in [0.15, 0.2) is 130 Å². The Hall–Kier alpha value is -5.35. The quantitative estimate of drug-likeness (QED) is 0.237. The number of para-hydroxylation sites is 3. The van der Waals surface area contributed by atoms with Gasteiger partial charge in [0, 0.05) is 38.9 Å². The summed E-state index contributed by atoms with van der Waals surface area (Å²) >= 11 is 0. The van der Waals surface area contributed by atoms with Crippen molar-refractivity contribution in [3.05, 3.63) is 121 Å². The van der Waals surface area contributed by atoms with Gasteiger partial charge in [0.25, 0.3) is 0 Å². The Bertz CT molecular complexity index is 2370. The van der Waals surface area contributed by atoms with E-state index in [1.807, 2.05) is 42.5 Å². The van der Waals surface area contributed by atoms with Crippen LogP contribution in [0.3, 0.4) is 0 Å². The average molecular weight is 501 g/mol. The average Bonchev–Trinajstić information content (AvgIpc) is 3.67. The van der Waals surface area contributed by atoms with Crippen molar-refractivity contribution in [1.29, 1.82) is 0 Å². The molecule has 9 rings (SSSR count). The smallest absolute Gasteiger partial charge is 0.228 e. The molecule has 0 fully saturated rings. The predicted octanol–water partition coefficient (Wildman–Crippen LogP) is 9.64. The van der Waals surface area contributed by atoms with E-state index in [-0.39, 0.29) is 0 Å². The number of oxazole rings is 1. The van der Waals surface area contributed by atoms with E-state index in [0.29, 0.717) is 5.89 Å². The van der Waals surface area contributed by atoms with Crippen molar-refractivity contribution in [2.45, 2.75) is 0 Å². The van der Waals surface area contributed by atoms with Gasteiger partial charge in [0.15, 0.2) is 5.58 Å². The predicted molar refractivity (Wildman–Crippen MR) is 159 cm³/mol. The molecule has 0 unspecified atom stereocenters. The van der Waals surface area contributed by atoms with Gasteiger partial charge in [0.1, 0.15) is 16.7 Å². The van der Waals surface area contributed by atoms with E-state index in [1.54, 1.807) is 0 Å². The van der Waals surface area contributed by atoms with Crippen LogP contribution < -0.4 is 0 Å². The highest BCUT2D eigenvalue weighted by molar-refractivity contribution is 6.15. The molecule has 0 aliphatic carbocycles. The van der Waals surface area contributed by atoms with E-state index in [9.17, 15) is 0 Å².